The van der Waals surface area contributed by atoms with Gasteiger partial charge in [-0.05, 0) is 18.5 Å². The van der Waals surface area contributed by atoms with E-state index in [-0.39, 0.29) is 18.4 Å². The van der Waals surface area contributed by atoms with Gasteiger partial charge < -0.3 is 10.2 Å². The summed E-state index contributed by atoms with van der Waals surface area (Å²) in [5.74, 6) is 0.0397. The van der Waals surface area contributed by atoms with Crippen LogP contribution in [0.2, 0.25) is 0 Å². The quantitative estimate of drug-likeness (QED) is 0.870. The molecule has 1 unspecified atom stereocenters. The van der Waals surface area contributed by atoms with Crippen molar-refractivity contribution in [3.05, 3.63) is 35.9 Å². The monoisotopic (exact) mass is 243 g/mol. The number of nitriles is 1. The van der Waals surface area contributed by atoms with Gasteiger partial charge in [-0.2, -0.15) is 5.26 Å². The molecule has 0 bridgehead atoms. The lowest BCUT2D eigenvalue weighted by Crippen LogP contribution is -2.43. The molecular weight excluding hydrogens is 226 g/mol. The van der Waals surface area contributed by atoms with E-state index < -0.39 is 0 Å². The topological polar surface area (TPSA) is 56.1 Å². The normalized spacial score (nSPS) is 20.3. The number of rotatable bonds is 3. The predicted molar refractivity (Wildman–Crippen MR) is 68.5 cm³/mol. The molecule has 1 aliphatic rings. The third-order valence-corrected chi connectivity index (χ3v) is 3.12. The summed E-state index contributed by atoms with van der Waals surface area (Å²) in [5.41, 5.74) is 1.13. The van der Waals surface area contributed by atoms with Crippen molar-refractivity contribution in [2.45, 2.75) is 25.4 Å². The van der Waals surface area contributed by atoms with Crippen LogP contribution in [0, 0.1) is 11.3 Å². The van der Waals surface area contributed by atoms with Crippen molar-refractivity contribution < 1.29 is 4.79 Å². The van der Waals surface area contributed by atoms with Gasteiger partial charge in [-0.1, -0.05) is 30.3 Å². The number of nitrogens with zero attached hydrogens (tertiary/aromatic N) is 2. The highest BCUT2D eigenvalue weighted by atomic mass is 16.2. The molecule has 1 atom stereocenters. The van der Waals surface area contributed by atoms with Crippen LogP contribution in [0.25, 0.3) is 0 Å². The van der Waals surface area contributed by atoms with Gasteiger partial charge in [-0.3, -0.25) is 4.79 Å². The average molecular weight is 243 g/mol. The highest BCUT2D eigenvalue weighted by Gasteiger charge is 2.26. The van der Waals surface area contributed by atoms with Crippen molar-refractivity contribution in [1.82, 2.24) is 10.2 Å². The lowest BCUT2D eigenvalue weighted by atomic mass is 10.1. The van der Waals surface area contributed by atoms with Gasteiger partial charge in [0.05, 0.1) is 18.5 Å². The smallest absolute Gasteiger partial charge is 0.241 e. The molecule has 0 radical (unpaired) electrons. The Morgan fingerprint density at radius 1 is 1.39 bits per heavy atom. The van der Waals surface area contributed by atoms with Crippen LogP contribution in [0.4, 0.5) is 0 Å². The van der Waals surface area contributed by atoms with Crippen molar-refractivity contribution in [2.75, 3.05) is 13.1 Å². The first-order valence-corrected chi connectivity index (χ1v) is 6.24. The van der Waals surface area contributed by atoms with E-state index in [1.807, 2.05) is 35.2 Å². The summed E-state index contributed by atoms with van der Waals surface area (Å²) in [6.07, 6.45) is 1.17. The second-order valence-electron chi connectivity index (χ2n) is 4.47. The van der Waals surface area contributed by atoms with Crippen LogP contribution in [-0.2, 0) is 11.3 Å². The summed E-state index contributed by atoms with van der Waals surface area (Å²) in [4.78, 5) is 14.1. The Hall–Kier alpha value is -1.86. The maximum Gasteiger partial charge on any atom is 0.241 e. The average Bonchev–Trinajstić information content (AvgIpc) is 2.56. The number of carbonyl (C=O) groups is 1. The molecule has 1 aliphatic heterocycles. The SMILES string of the molecule is N#CCC1NCCCN(Cc2ccccc2)C1=O. The largest absolute Gasteiger partial charge is 0.337 e. The summed E-state index contributed by atoms with van der Waals surface area (Å²) in [7, 11) is 0. The predicted octanol–water partition coefficient (Wildman–Crippen LogP) is 1.29. The molecule has 1 fully saturated rings. The first-order chi connectivity index (χ1) is 8.81. The molecule has 1 amide bonds. The Balaban J connectivity index is 2.06. The minimum absolute atomic E-state index is 0.0397. The molecule has 0 saturated carbocycles. The van der Waals surface area contributed by atoms with E-state index in [0.717, 1.165) is 25.1 Å². The van der Waals surface area contributed by atoms with Gasteiger partial charge in [0.2, 0.25) is 5.91 Å². The van der Waals surface area contributed by atoms with Gasteiger partial charge in [0.15, 0.2) is 0 Å². The van der Waals surface area contributed by atoms with Crippen LogP contribution < -0.4 is 5.32 Å². The van der Waals surface area contributed by atoms with Crippen LogP contribution in [0.5, 0.6) is 0 Å². The molecular formula is C14H17N3O. The van der Waals surface area contributed by atoms with Crippen LogP contribution in [0.3, 0.4) is 0 Å². The molecule has 1 saturated heterocycles. The molecule has 94 valence electrons. The molecule has 4 heteroatoms. The molecule has 2 rings (SSSR count). The number of benzene rings is 1. The van der Waals surface area contributed by atoms with Crippen LogP contribution >= 0.6 is 0 Å². The Morgan fingerprint density at radius 2 is 2.17 bits per heavy atom. The molecule has 0 aromatic heterocycles. The number of carbonyl (C=O) groups excluding carboxylic acids is 1. The van der Waals surface area contributed by atoms with Crippen molar-refractivity contribution in [3.8, 4) is 6.07 Å². The highest BCUT2D eigenvalue weighted by Crippen LogP contribution is 2.10. The van der Waals surface area contributed by atoms with E-state index in [0.29, 0.717) is 6.54 Å². The van der Waals surface area contributed by atoms with E-state index in [1.54, 1.807) is 0 Å². The molecule has 1 aromatic carbocycles. The fraction of sp³-hybridized carbons (Fsp3) is 0.429. The molecule has 1 aromatic rings. The molecule has 18 heavy (non-hydrogen) atoms. The second-order valence-corrected chi connectivity index (χ2v) is 4.47. The maximum absolute atomic E-state index is 12.3. The van der Waals surface area contributed by atoms with Gasteiger partial charge in [0, 0.05) is 13.1 Å². The second kappa shape index (κ2) is 6.18. The zero-order valence-electron chi connectivity index (χ0n) is 10.3. The Morgan fingerprint density at radius 3 is 2.89 bits per heavy atom. The molecule has 4 nitrogen and oxygen atoms in total. The van der Waals surface area contributed by atoms with Crippen molar-refractivity contribution >= 4 is 5.91 Å². The first-order valence-electron chi connectivity index (χ1n) is 6.24. The van der Waals surface area contributed by atoms with E-state index in [1.165, 1.54) is 0 Å². The summed E-state index contributed by atoms with van der Waals surface area (Å²) < 4.78 is 0. The summed E-state index contributed by atoms with van der Waals surface area (Å²) in [6, 6.07) is 11.7. The van der Waals surface area contributed by atoms with Gasteiger partial charge >= 0.3 is 0 Å². The standard InChI is InChI=1S/C14H17N3O/c15-8-7-13-14(18)17(10-4-9-16-13)11-12-5-2-1-3-6-12/h1-3,5-6,13,16H,4,7,9-11H2. The Labute approximate surface area is 107 Å². The highest BCUT2D eigenvalue weighted by molar-refractivity contribution is 5.82. The summed E-state index contributed by atoms with van der Waals surface area (Å²) >= 11 is 0. The van der Waals surface area contributed by atoms with Gasteiger partial charge in [-0.25, -0.2) is 0 Å². The number of amides is 1. The van der Waals surface area contributed by atoms with Crippen molar-refractivity contribution in [1.29, 1.82) is 5.26 Å². The molecule has 0 aliphatic carbocycles. The van der Waals surface area contributed by atoms with Crippen LogP contribution in [0.15, 0.2) is 30.3 Å². The first kappa shape index (κ1) is 12.6. The Kier molecular flexibility index (Phi) is 4.32. The maximum atomic E-state index is 12.3. The van der Waals surface area contributed by atoms with E-state index in [9.17, 15) is 4.79 Å². The zero-order chi connectivity index (χ0) is 12.8. The van der Waals surface area contributed by atoms with E-state index >= 15 is 0 Å². The minimum Gasteiger partial charge on any atom is -0.337 e. The number of hydrogen-bond donors (Lipinski definition) is 1. The lowest BCUT2D eigenvalue weighted by Gasteiger charge is -2.23. The summed E-state index contributed by atoms with van der Waals surface area (Å²) in [5, 5.41) is 11.9. The molecule has 0 spiro atoms. The lowest BCUT2D eigenvalue weighted by molar-refractivity contribution is -0.133. The van der Waals surface area contributed by atoms with Gasteiger partial charge in [0.25, 0.3) is 0 Å². The zero-order valence-corrected chi connectivity index (χ0v) is 10.3. The number of nitrogens with one attached hydrogen (secondary N) is 1. The van der Waals surface area contributed by atoms with E-state index in [4.69, 9.17) is 5.26 Å². The number of hydrogen-bond acceptors (Lipinski definition) is 3. The van der Waals surface area contributed by atoms with Crippen molar-refractivity contribution in [2.24, 2.45) is 0 Å². The third kappa shape index (κ3) is 3.08. The fourth-order valence-electron chi connectivity index (χ4n) is 2.18. The van der Waals surface area contributed by atoms with Gasteiger partial charge in [0.1, 0.15) is 0 Å². The fourth-order valence-corrected chi connectivity index (χ4v) is 2.18. The van der Waals surface area contributed by atoms with Crippen LogP contribution in [-0.4, -0.2) is 29.9 Å². The summed E-state index contributed by atoms with van der Waals surface area (Å²) in [6.45, 7) is 2.18. The molecule has 1 N–H and O–H groups in total. The van der Waals surface area contributed by atoms with E-state index in [2.05, 4.69) is 11.4 Å². The van der Waals surface area contributed by atoms with Crippen LogP contribution in [0.1, 0.15) is 18.4 Å². The molecule has 1 heterocycles. The third-order valence-electron chi connectivity index (χ3n) is 3.12. The van der Waals surface area contributed by atoms with Gasteiger partial charge in [-0.15, -0.1) is 0 Å². The van der Waals surface area contributed by atoms with Crippen molar-refractivity contribution in [3.63, 3.8) is 0 Å². The minimum atomic E-state index is -0.346. The Bertz CT molecular complexity index is 438.